The summed E-state index contributed by atoms with van der Waals surface area (Å²) in [5.74, 6) is -0.0395. The molecule has 106 valence electrons. The molecule has 1 aromatic heterocycles. The Morgan fingerprint density at radius 2 is 2.00 bits per heavy atom. The molecule has 5 nitrogen and oxygen atoms in total. The number of carbonyl (C=O) groups excluding carboxylic acids is 1. The second-order valence-corrected chi connectivity index (χ2v) is 4.76. The second-order valence-electron chi connectivity index (χ2n) is 4.76. The van der Waals surface area contributed by atoms with Crippen LogP contribution in [0.5, 0.6) is 0 Å². The predicted molar refractivity (Wildman–Crippen MR) is 80.7 cm³/mol. The molecule has 0 atom stereocenters. The summed E-state index contributed by atoms with van der Waals surface area (Å²) < 4.78 is 5.72. The van der Waals surface area contributed by atoms with Crippen molar-refractivity contribution in [1.82, 2.24) is 10.3 Å². The van der Waals surface area contributed by atoms with E-state index in [2.05, 4.69) is 10.3 Å². The minimum atomic E-state index is -0.521. The van der Waals surface area contributed by atoms with Crippen molar-refractivity contribution in [2.24, 2.45) is 5.73 Å². The van der Waals surface area contributed by atoms with Crippen molar-refractivity contribution in [3.05, 3.63) is 53.6 Å². The van der Waals surface area contributed by atoms with Crippen LogP contribution in [0.4, 0.5) is 0 Å². The van der Waals surface area contributed by atoms with Gasteiger partial charge in [0.1, 0.15) is 5.52 Å². The molecule has 0 fully saturated rings. The lowest BCUT2D eigenvalue weighted by Crippen LogP contribution is -2.10. The summed E-state index contributed by atoms with van der Waals surface area (Å²) in [7, 11) is 1.90. The molecule has 3 rings (SSSR count). The Labute approximate surface area is 121 Å². The Kier molecular flexibility index (Phi) is 3.41. The third kappa shape index (κ3) is 2.51. The van der Waals surface area contributed by atoms with Gasteiger partial charge in [-0.15, -0.1) is 0 Å². The minimum absolute atomic E-state index is 0.345. The Morgan fingerprint density at radius 3 is 2.67 bits per heavy atom. The Morgan fingerprint density at radius 1 is 1.24 bits per heavy atom. The molecule has 2 aromatic carbocycles. The molecular weight excluding hydrogens is 266 g/mol. The predicted octanol–water partition coefficient (Wildman–Crippen LogP) is 2.31. The highest BCUT2D eigenvalue weighted by atomic mass is 16.3. The van der Waals surface area contributed by atoms with E-state index < -0.39 is 5.91 Å². The van der Waals surface area contributed by atoms with Crippen LogP contribution in [-0.4, -0.2) is 17.9 Å². The lowest BCUT2D eigenvalue weighted by atomic mass is 10.1. The van der Waals surface area contributed by atoms with Crippen LogP contribution in [0.2, 0.25) is 0 Å². The van der Waals surface area contributed by atoms with Gasteiger partial charge in [0.15, 0.2) is 5.58 Å². The van der Waals surface area contributed by atoms with E-state index in [9.17, 15) is 4.79 Å². The summed E-state index contributed by atoms with van der Waals surface area (Å²) in [6, 6.07) is 13.1. The fraction of sp³-hybridized carbons (Fsp3) is 0.125. The number of aromatic nitrogens is 1. The number of nitrogens with two attached hydrogens (primary N) is 1. The lowest BCUT2D eigenvalue weighted by molar-refractivity contribution is 0.100. The third-order valence-electron chi connectivity index (χ3n) is 3.26. The summed E-state index contributed by atoms with van der Waals surface area (Å²) in [6.07, 6.45) is 0. The number of fused-ring (bicyclic) bond motifs is 1. The van der Waals surface area contributed by atoms with Crippen LogP contribution in [0.3, 0.4) is 0 Å². The average Bonchev–Trinajstić information content (AvgIpc) is 2.92. The monoisotopic (exact) mass is 281 g/mol. The normalized spacial score (nSPS) is 10.9. The summed E-state index contributed by atoms with van der Waals surface area (Å²) in [5.41, 5.74) is 8.79. The molecule has 5 heteroatoms. The van der Waals surface area contributed by atoms with E-state index in [-0.39, 0.29) is 0 Å². The number of hydrogen-bond donors (Lipinski definition) is 2. The number of para-hydroxylation sites is 1. The minimum Gasteiger partial charge on any atom is -0.435 e. The molecule has 0 radical (unpaired) electrons. The lowest BCUT2D eigenvalue weighted by Gasteiger charge is -2.00. The molecule has 0 bridgehead atoms. The van der Waals surface area contributed by atoms with Crippen molar-refractivity contribution in [3.63, 3.8) is 0 Å². The van der Waals surface area contributed by atoms with Gasteiger partial charge in [-0.1, -0.05) is 18.2 Å². The molecule has 3 N–H and O–H groups in total. The van der Waals surface area contributed by atoms with Crippen molar-refractivity contribution in [1.29, 1.82) is 0 Å². The van der Waals surface area contributed by atoms with Crippen molar-refractivity contribution in [2.75, 3.05) is 7.05 Å². The first-order chi connectivity index (χ1) is 10.2. The van der Waals surface area contributed by atoms with Crippen molar-refractivity contribution in [3.8, 4) is 11.5 Å². The van der Waals surface area contributed by atoms with E-state index >= 15 is 0 Å². The van der Waals surface area contributed by atoms with Gasteiger partial charge in [-0.3, -0.25) is 4.79 Å². The molecule has 21 heavy (non-hydrogen) atoms. The number of amides is 1. The maximum absolute atomic E-state index is 11.4. The van der Waals surface area contributed by atoms with Crippen LogP contribution in [-0.2, 0) is 6.54 Å². The van der Waals surface area contributed by atoms with Crippen LogP contribution < -0.4 is 11.1 Å². The van der Waals surface area contributed by atoms with Crippen molar-refractivity contribution < 1.29 is 9.21 Å². The zero-order chi connectivity index (χ0) is 14.8. The standard InChI is InChI=1S/C16H15N3O2/c1-18-9-10-5-7-11(8-6-10)16-19-13-4-2-3-12(15(17)20)14(13)21-16/h2-8,18H,9H2,1H3,(H2,17,20). The maximum atomic E-state index is 11.4. The first kappa shape index (κ1) is 13.3. The number of primary amides is 1. The molecule has 0 aliphatic carbocycles. The molecule has 0 saturated carbocycles. The number of oxazole rings is 1. The van der Waals surface area contributed by atoms with E-state index in [1.54, 1.807) is 18.2 Å². The number of nitrogens with one attached hydrogen (secondary N) is 1. The summed E-state index contributed by atoms with van der Waals surface area (Å²) in [5, 5.41) is 3.09. The molecule has 3 aromatic rings. The topological polar surface area (TPSA) is 81.1 Å². The quantitative estimate of drug-likeness (QED) is 0.769. The zero-order valence-electron chi connectivity index (χ0n) is 11.6. The van der Waals surface area contributed by atoms with E-state index in [0.29, 0.717) is 22.6 Å². The van der Waals surface area contributed by atoms with E-state index in [1.807, 2.05) is 31.3 Å². The number of hydrogen-bond acceptors (Lipinski definition) is 4. The molecule has 0 aliphatic heterocycles. The van der Waals surface area contributed by atoms with Crippen molar-refractivity contribution >= 4 is 17.0 Å². The number of carbonyl (C=O) groups is 1. The fourth-order valence-corrected chi connectivity index (χ4v) is 2.24. The van der Waals surface area contributed by atoms with Crippen LogP contribution in [0.15, 0.2) is 46.9 Å². The third-order valence-corrected chi connectivity index (χ3v) is 3.26. The number of benzene rings is 2. The fourth-order valence-electron chi connectivity index (χ4n) is 2.24. The summed E-state index contributed by atoms with van der Waals surface area (Å²) in [4.78, 5) is 15.8. The van der Waals surface area contributed by atoms with E-state index in [1.165, 1.54) is 5.56 Å². The van der Waals surface area contributed by atoms with Gasteiger partial charge in [0.25, 0.3) is 5.91 Å². The van der Waals surface area contributed by atoms with Gasteiger partial charge in [0.05, 0.1) is 5.56 Å². The Hall–Kier alpha value is -2.66. The Bertz CT molecular complexity index is 791. The first-order valence-corrected chi connectivity index (χ1v) is 6.62. The van der Waals surface area contributed by atoms with Gasteiger partial charge >= 0.3 is 0 Å². The molecule has 0 aliphatic rings. The number of nitrogens with zero attached hydrogens (tertiary/aromatic N) is 1. The second kappa shape index (κ2) is 5.38. The van der Waals surface area contributed by atoms with Gasteiger partial charge in [-0.2, -0.15) is 0 Å². The van der Waals surface area contributed by atoms with Gasteiger partial charge < -0.3 is 15.5 Å². The molecule has 1 heterocycles. The number of rotatable bonds is 4. The summed E-state index contributed by atoms with van der Waals surface area (Å²) >= 11 is 0. The SMILES string of the molecule is CNCc1ccc(-c2nc3cccc(C(N)=O)c3o2)cc1. The smallest absolute Gasteiger partial charge is 0.252 e. The average molecular weight is 281 g/mol. The van der Waals surface area contributed by atoms with Gasteiger partial charge in [0, 0.05) is 12.1 Å². The molecule has 1 amide bonds. The molecule has 0 saturated heterocycles. The van der Waals surface area contributed by atoms with Gasteiger partial charge in [-0.25, -0.2) is 4.98 Å². The first-order valence-electron chi connectivity index (χ1n) is 6.62. The zero-order valence-corrected chi connectivity index (χ0v) is 11.6. The highest BCUT2D eigenvalue weighted by Crippen LogP contribution is 2.26. The van der Waals surface area contributed by atoms with Crippen molar-refractivity contribution in [2.45, 2.75) is 6.54 Å². The summed E-state index contributed by atoms with van der Waals surface area (Å²) in [6.45, 7) is 0.805. The van der Waals surface area contributed by atoms with Gasteiger partial charge in [0.2, 0.25) is 5.89 Å². The van der Waals surface area contributed by atoms with Crippen LogP contribution >= 0.6 is 0 Å². The molecule has 0 spiro atoms. The Balaban J connectivity index is 2.04. The van der Waals surface area contributed by atoms with Crippen LogP contribution in [0, 0.1) is 0 Å². The van der Waals surface area contributed by atoms with Crippen LogP contribution in [0.25, 0.3) is 22.6 Å². The molecular formula is C16H15N3O2. The maximum Gasteiger partial charge on any atom is 0.252 e. The largest absolute Gasteiger partial charge is 0.435 e. The van der Waals surface area contributed by atoms with Gasteiger partial charge in [-0.05, 0) is 36.9 Å². The molecule has 0 unspecified atom stereocenters. The van der Waals surface area contributed by atoms with E-state index in [4.69, 9.17) is 10.2 Å². The van der Waals surface area contributed by atoms with E-state index in [0.717, 1.165) is 12.1 Å². The highest BCUT2D eigenvalue weighted by Gasteiger charge is 2.14. The highest BCUT2D eigenvalue weighted by molar-refractivity contribution is 6.03. The van der Waals surface area contributed by atoms with Crippen LogP contribution in [0.1, 0.15) is 15.9 Å².